The van der Waals surface area contributed by atoms with E-state index in [0.717, 1.165) is 0 Å². The predicted molar refractivity (Wildman–Crippen MR) is 81.7 cm³/mol. The number of carbonyl (C=O) groups is 2. The molecule has 0 aliphatic rings. The molecule has 23 heavy (non-hydrogen) atoms. The zero-order valence-corrected chi connectivity index (χ0v) is 13.3. The van der Waals surface area contributed by atoms with Crippen molar-refractivity contribution in [3.63, 3.8) is 0 Å². The Balaban J connectivity index is 2.04. The highest BCUT2D eigenvalue weighted by Gasteiger charge is 2.23. The maximum Gasteiger partial charge on any atom is 0.326 e. The first-order valence-corrected chi connectivity index (χ1v) is 7.39. The summed E-state index contributed by atoms with van der Waals surface area (Å²) in [5, 5.41) is 11.7. The predicted octanol–water partition coefficient (Wildman–Crippen LogP) is 2.40. The van der Waals surface area contributed by atoms with Crippen molar-refractivity contribution in [2.24, 2.45) is 5.92 Å². The van der Waals surface area contributed by atoms with Crippen LogP contribution in [0.3, 0.4) is 0 Å². The molecule has 2 heterocycles. The molecule has 0 spiro atoms. The quantitative estimate of drug-likeness (QED) is 0.811. The van der Waals surface area contributed by atoms with Crippen LogP contribution in [0.15, 0.2) is 27.2 Å². The lowest BCUT2D eigenvalue weighted by molar-refractivity contribution is -0.142. The number of carboxylic acids is 1. The molecule has 0 unspecified atom stereocenters. The molecule has 0 aliphatic heterocycles. The van der Waals surface area contributed by atoms with E-state index in [4.69, 9.17) is 13.9 Å². The summed E-state index contributed by atoms with van der Waals surface area (Å²) < 4.78 is 10.7. The molecule has 2 N–H and O–H groups in total. The van der Waals surface area contributed by atoms with Gasteiger partial charge >= 0.3 is 5.97 Å². The first kappa shape index (κ1) is 16.8. The minimum absolute atomic E-state index is 0.0437. The number of aryl methyl sites for hydroxylation is 1. The van der Waals surface area contributed by atoms with Gasteiger partial charge in [-0.1, -0.05) is 13.8 Å². The van der Waals surface area contributed by atoms with Crippen molar-refractivity contribution in [3.05, 3.63) is 29.9 Å². The molecular formula is C16H20N2O5. The van der Waals surface area contributed by atoms with Gasteiger partial charge in [0.25, 0.3) is 5.89 Å². The van der Waals surface area contributed by atoms with Crippen LogP contribution in [0.4, 0.5) is 0 Å². The normalized spacial score (nSPS) is 12.3. The molecule has 2 rings (SSSR count). The fraction of sp³-hybridized carbons (Fsp3) is 0.438. The molecule has 0 aliphatic carbocycles. The van der Waals surface area contributed by atoms with Crippen molar-refractivity contribution >= 4 is 11.9 Å². The number of hydrogen-bond donors (Lipinski definition) is 2. The number of nitrogens with one attached hydrogen (secondary N) is 1. The topological polar surface area (TPSA) is 106 Å². The molecule has 0 fully saturated rings. The van der Waals surface area contributed by atoms with Gasteiger partial charge in [-0.05, 0) is 31.4 Å². The van der Waals surface area contributed by atoms with Crippen LogP contribution in [0.25, 0.3) is 11.7 Å². The average molecular weight is 320 g/mol. The molecule has 0 radical (unpaired) electrons. The number of furan rings is 1. The number of rotatable bonds is 7. The van der Waals surface area contributed by atoms with Crippen LogP contribution in [-0.2, 0) is 16.0 Å². The summed E-state index contributed by atoms with van der Waals surface area (Å²) in [7, 11) is 0. The van der Waals surface area contributed by atoms with E-state index < -0.39 is 17.9 Å². The minimum Gasteiger partial charge on any atom is -0.480 e. The van der Waals surface area contributed by atoms with Gasteiger partial charge in [0, 0.05) is 0 Å². The minimum atomic E-state index is -1.04. The molecule has 1 atom stereocenters. The third kappa shape index (κ3) is 4.45. The summed E-state index contributed by atoms with van der Waals surface area (Å²) >= 11 is 0. The first-order valence-electron chi connectivity index (χ1n) is 7.39. The highest BCUT2D eigenvalue weighted by atomic mass is 16.4. The fourth-order valence-corrected chi connectivity index (χ4v) is 2.19. The van der Waals surface area contributed by atoms with Gasteiger partial charge < -0.3 is 19.3 Å². The largest absolute Gasteiger partial charge is 0.480 e. The summed E-state index contributed by atoms with van der Waals surface area (Å²) in [6, 6.07) is 2.52. The SMILES string of the molecule is Cc1oc(-c2ccco2)nc1CC(=O)N[C@H](CC(C)C)C(=O)O. The van der Waals surface area contributed by atoms with Crippen molar-refractivity contribution in [2.45, 2.75) is 39.7 Å². The number of nitrogens with zero attached hydrogens (tertiary/aromatic N) is 1. The second kappa shape index (κ2) is 7.13. The van der Waals surface area contributed by atoms with Crippen LogP contribution in [0.1, 0.15) is 31.7 Å². The van der Waals surface area contributed by atoms with Crippen LogP contribution < -0.4 is 5.32 Å². The Morgan fingerprint density at radius 1 is 1.39 bits per heavy atom. The Bertz CT molecular complexity index is 673. The standard InChI is InChI=1S/C16H20N2O5/c1-9(2)7-12(16(20)21)17-14(19)8-11-10(3)23-15(18-11)13-5-4-6-22-13/h4-6,9,12H,7-8H2,1-3H3,(H,17,19)(H,20,21)/t12-/m1/s1. The summed E-state index contributed by atoms with van der Waals surface area (Å²) in [5.41, 5.74) is 0.461. The van der Waals surface area contributed by atoms with Crippen molar-refractivity contribution < 1.29 is 23.5 Å². The van der Waals surface area contributed by atoms with Crippen LogP contribution in [0.5, 0.6) is 0 Å². The van der Waals surface area contributed by atoms with Crippen molar-refractivity contribution in [1.29, 1.82) is 0 Å². The number of aromatic nitrogens is 1. The van der Waals surface area contributed by atoms with Gasteiger partial charge in [0.15, 0.2) is 5.76 Å². The maximum atomic E-state index is 12.1. The molecule has 2 aromatic heterocycles. The number of carboxylic acid groups (broad SMARTS) is 1. The monoisotopic (exact) mass is 320 g/mol. The molecule has 1 amide bonds. The Morgan fingerprint density at radius 2 is 2.13 bits per heavy atom. The zero-order valence-electron chi connectivity index (χ0n) is 13.3. The summed E-state index contributed by atoms with van der Waals surface area (Å²) in [5.74, 6) is -0.00564. The molecule has 0 saturated heterocycles. The number of carbonyl (C=O) groups excluding carboxylic acids is 1. The molecule has 0 bridgehead atoms. The van der Waals surface area contributed by atoms with Gasteiger partial charge in [-0.15, -0.1) is 0 Å². The van der Waals surface area contributed by atoms with Gasteiger partial charge in [0.2, 0.25) is 5.91 Å². The molecule has 0 saturated carbocycles. The van der Waals surface area contributed by atoms with E-state index in [1.54, 1.807) is 19.1 Å². The molecule has 0 aromatic carbocycles. The highest BCUT2D eigenvalue weighted by molar-refractivity contribution is 5.84. The van der Waals surface area contributed by atoms with Crippen molar-refractivity contribution in [2.75, 3.05) is 0 Å². The van der Waals surface area contributed by atoms with E-state index >= 15 is 0 Å². The van der Waals surface area contributed by atoms with Crippen LogP contribution in [0, 0.1) is 12.8 Å². The maximum absolute atomic E-state index is 12.1. The van der Waals surface area contributed by atoms with Crippen LogP contribution >= 0.6 is 0 Å². The first-order chi connectivity index (χ1) is 10.9. The van der Waals surface area contributed by atoms with Gasteiger partial charge in [-0.25, -0.2) is 9.78 Å². The molecule has 7 heteroatoms. The number of hydrogen-bond acceptors (Lipinski definition) is 5. The molecule has 124 valence electrons. The summed E-state index contributed by atoms with van der Waals surface area (Å²) in [6.07, 6.45) is 1.83. The summed E-state index contributed by atoms with van der Waals surface area (Å²) in [6.45, 7) is 5.50. The third-order valence-corrected chi connectivity index (χ3v) is 3.29. The third-order valence-electron chi connectivity index (χ3n) is 3.29. The fourth-order valence-electron chi connectivity index (χ4n) is 2.19. The Morgan fingerprint density at radius 3 is 2.70 bits per heavy atom. The molecular weight excluding hydrogens is 300 g/mol. The van der Waals surface area contributed by atoms with Crippen LogP contribution in [0.2, 0.25) is 0 Å². The zero-order chi connectivity index (χ0) is 17.0. The highest BCUT2D eigenvalue weighted by Crippen LogP contribution is 2.22. The van der Waals surface area contributed by atoms with E-state index in [1.807, 2.05) is 13.8 Å². The van der Waals surface area contributed by atoms with E-state index in [0.29, 0.717) is 29.5 Å². The second-order valence-electron chi connectivity index (χ2n) is 5.76. The van der Waals surface area contributed by atoms with Gasteiger partial charge in [-0.3, -0.25) is 4.79 Å². The number of oxazole rings is 1. The van der Waals surface area contributed by atoms with E-state index in [1.165, 1.54) is 6.26 Å². The van der Waals surface area contributed by atoms with Crippen molar-refractivity contribution in [1.82, 2.24) is 10.3 Å². The average Bonchev–Trinajstić information content (AvgIpc) is 3.08. The lowest BCUT2D eigenvalue weighted by atomic mass is 10.0. The number of amides is 1. The molecule has 7 nitrogen and oxygen atoms in total. The van der Waals surface area contributed by atoms with Gasteiger partial charge in [0.1, 0.15) is 11.8 Å². The Labute approximate surface area is 133 Å². The Hall–Kier alpha value is -2.57. The van der Waals surface area contributed by atoms with Gasteiger partial charge in [-0.2, -0.15) is 0 Å². The van der Waals surface area contributed by atoms with Crippen molar-refractivity contribution in [3.8, 4) is 11.7 Å². The van der Waals surface area contributed by atoms with Crippen LogP contribution in [-0.4, -0.2) is 28.0 Å². The smallest absolute Gasteiger partial charge is 0.326 e. The molecule has 2 aromatic rings. The van der Waals surface area contributed by atoms with E-state index in [2.05, 4.69) is 10.3 Å². The van der Waals surface area contributed by atoms with E-state index in [9.17, 15) is 9.59 Å². The van der Waals surface area contributed by atoms with E-state index in [-0.39, 0.29) is 12.3 Å². The second-order valence-corrected chi connectivity index (χ2v) is 5.76. The van der Waals surface area contributed by atoms with Gasteiger partial charge in [0.05, 0.1) is 18.4 Å². The summed E-state index contributed by atoms with van der Waals surface area (Å²) in [4.78, 5) is 27.5. The lowest BCUT2D eigenvalue weighted by Crippen LogP contribution is -2.42. The number of aliphatic carboxylic acids is 1. The lowest BCUT2D eigenvalue weighted by Gasteiger charge is -2.16. The Kier molecular flexibility index (Phi) is 5.20.